The second-order valence-electron chi connectivity index (χ2n) is 4.87. The van der Waals surface area contributed by atoms with Crippen LogP contribution in [0.25, 0.3) is 10.9 Å². The molecular formula is C15H19ClN2O2. The number of aromatic nitrogens is 1. The van der Waals surface area contributed by atoms with Crippen molar-refractivity contribution in [1.29, 1.82) is 0 Å². The topological polar surface area (TPSA) is 57.2 Å². The number of esters is 1. The molecule has 0 bridgehead atoms. The number of rotatable bonds is 4. The zero-order chi connectivity index (χ0) is 14.9. The van der Waals surface area contributed by atoms with E-state index in [-0.39, 0.29) is 5.92 Å². The van der Waals surface area contributed by atoms with Crippen molar-refractivity contribution in [3.8, 4) is 0 Å². The van der Waals surface area contributed by atoms with E-state index in [1.807, 2.05) is 31.3 Å². The predicted octanol–water partition coefficient (Wildman–Crippen LogP) is 2.92. The van der Waals surface area contributed by atoms with Crippen molar-refractivity contribution < 1.29 is 9.53 Å². The van der Waals surface area contributed by atoms with E-state index < -0.39 is 12.0 Å². The van der Waals surface area contributed by atoms with Gasteiger partial charge in [0.15, 0.2) is 0 Å². The first-order valence-corrected chi connectivity index (χ1v) is 6.99. The molecule has 0 aliphatic carbocycles. The van der Waals surface area contributed by atoms with E-state index in [0.29, 0.717) is 5.02 Å². The molecule has 1 heterocycles. The minimum Gasteiger partial charge on any atom is -0.468 e. The first-order valence-electron chi connectivity index (χ1n) is 6.61. The molecule has 20 heavy (non-hydrogen) atoms. The molecule has 0 radical (unpaired) electrons. The number of carbonyl (C=O) groups excluding carboxylic acids is 1. The molecular weight excluding hydrogens is 276 g/mol. The molecule has 0 saturated heterocycles. The molecule has 0 aliphatic rings. The third-order valence-corrected chi connectivity index (χ3v) is 3.95. The van der Waals surface area contributed by atoms with Crippen LogP contribution in [0.15, 0.2) is 24.4 Å². The van der Waals surface area contributed by atoms with Crippen LogP contribution < -0.4 is 5.73 Å². The van der Waals surface area contributed by atoms with Crippen molar-refractivity contribution in [3.63, 3.8) is 0 Å². The van der Waals surface area contributed by atoms with Gasteiger partial charge >= 0.3 is 5.97 Å². The Balaban J connectivity index is 2.53. The first-order chi connectivity index (χ1) is 9.49. The van der Waals surface area contributed by atoms with Gasteiger partial charge in [0, 0.05) is 34.6 Å². The van der Waals surface area contributed by atoms with Gasteiger partial charge in [0.2, 0.25) is 0 Å². The standard InChI is InChI=1S/C15H19ClN2O2/c1-4-18-8-12(9(2)14(17)15(19)20-3)11-7-10(16)5-6-13(11)18/h5-9,14H,4,17H2,1-3H3. The molecule has 2 aromatic rings. The summed E-state index contributed by atoms with van der Waals surface area (Å²) < 4.78 is 6.85. The Kier molecular flexibility index (Phi) is 4.35. The molecule has 1 aromatic heterocycles. The van der Waals surface area contributed by atoms with Gasteiger partial charge in [0.25, 0.3) is 0 Å². The third kappa shape index (κ3) is 2.53. The predicted molar refractivity (Wildman–Crippen MR) is 81.0 cm³/mol. The summed E-state index contributed by atoms with van der Waals surface area (Å²) in [6.45, 7) is 4.85. The number of nitrogens with zero attached hydrogens (tertiary/aromatic N) is 1. The van der Waals surface area contributed by atoms with Crippen LogP contribution in [0.3, 0.4) is 0 Å². The number of carbonyl (C=O) groups is 1. The summed E-state index contributed by atoms with van der Waals surface area (Å²) in [4.78, 5) is 11.6. The zero-order valence-corrected chi connectivity index (χ0v) is 12.6. The summed E-state index contributed by atoms with van der Waals surface area (Å²) in [5.74, 6) is -0.548. The Morgan fingerprint density at radius 3 is 2.80 bits per heavy atom. The Hall–Kier alpha value is -1.52. The van der Waals surface area contributed by atoms with E-state index in [1.54, 1.807) is 0 Å². The Morgan fingerprint density at radius 2 is 2.20 bits per heavy atom. The number of fused-ring (bicyclic) bond motifs is 1. The highest BCUT2D eigenvalue weighted by Gasteiger charge is 2.25. The lowest BCUT2D eigenvalue weighted by atomic mass is 9.93. The fourth-order valence-corrected chi connectivity index (χ4v) is 2.63. The largest absolute Gasteiger partial charge is 0.468 e. The van der Waals surface area contributed by atoms with Gasteiger partial charge in [0.1, 0.15) is 6.04 Å². The smallest absolute Gasteiger partial charge is 0.323 e. The Labute approximate surface area is 123 Å². The highest BCUT2D eigenvalue weighted by Crippen LogP contribution is 2.31. The molecule has 2 unspecified atom stereocenters. The van der Waals surface area contributed by atoms with Gasteiger partial charge in [-0.1, -0.05) is 18.5 Å². The van der Waals surface area contributed by atoms with Crippen LogP contribution in [0.2, 0.25) is 5.02 Å². The molecule has 0 amide bonds. The average molecular weight is 295 g/mol. The molecule has 0 aliphatic heterocycles. The fraction of sp³-hybridized carbons (Fsp3) is 0.400. The van der Waals surface area contributed by atoms with Crippen LogP contribution in [-0.4, -0.2) is 23.7 Å². The molecule has 0 fully saturated rings. The molecule has 1 aromatic carbocycles. The Morgan fingerprint density at radius 1 is 1.50 bits per heavy atom. The van der Waals surface area contributed by atoms with Gasteiger partial charge in [-0.3, -0.25) is 4.79 Å². The van der Waals surface area contributed by atoms with Gasteiger partial charge in [-0.2, -0.15) is 0 Å². The van der Waals surface area contributed by atoms with Crippen molar-refractivity contribution in [3.05, 3.63) is 35.0 Å². The van der Waals surface area contributed by atoms with E-state index in [9.17, 15) is 4.79 Å². The second kappa shape index (κ2) is 5.85. The first kappa shape index (κ1) is 14.9. The number of hydrogen-bond acceptors (Lipinski definition) is 3. The fourth-order valence-electron chi connectivity index (χ4n) is 2.46. The summed E-state index contributed by atoms with van der Waals surface area (Å²) >= 11 is 6.09. The molecule has 2 rings (SSSR count). The van der Waals surface area contributed by atoms with E-state index >= 15 is 0 Å². The maximum Gasteiger partial charge on any atom is 0.323 e. The Bertz CT molecular complexity index is 636. The molecule has 0 saturated carbocycles. The molecule has 0 spiro atoms. The minimum absolute atomic E-state index is 0.142. The van der Waals surface area contributed by atoms with Crippen molar-refractivity contribution >= 4 is 28.5 Å². The highest BCUT2D eigenvalue weighted by atomic mass is 35.5. The lowest BCUT2D eigenvalue weighted by Crippen LogP contribution is -2.36. The van der Waals surface area contributed by atoms with E-state index in [4.69, 9.17) is 22.1 Å². The maximum absolute atomic E-state index is 11.6. The molecule has 2 N–H and O–H groups in total. The maximum atomic E-state index is 11.6. The van der Waals surface area contributed by atoms with Crippen molar-refractivity contribution in [2.75, 3.05) is 7.11 Å². The monoisotopic (exact) mass is 294 g/mol. The van der Waals surface area contributed by atoms with E-state index in [0.717, 1.165) is 23.0 Å². The second-order valence-corrected chi connectivity index (χ2v) is 5.31. The summed E-state index contributed by atoms with van der Waals surface area (Å²) in [6.07, 6.45) is 2.04. The number of methoxy groups -OCH3 is 1. The van der Waals surface area contributed by atoms with Crippen LogP contribution in [0.5, 0.6) is 0 Å². The SMILES string of the molecule is CCn1cc(C(C)C(N)C(=O)OC)c2cc(Cl)ccc21. The van der Waals surface area contributed by atoms with Gasteiger partial charge < -0.3 is 15.0 Å². The number of nitrogens with two attached hydrogens (primary N) is 1. The van der Waals surface area contributed by atoms with Crippen molar-refractivity contribution in [2.45, 2.75) is 32.4 Å². The summed E-state index contributed by atoms with van der Waals surface area (Å²) in [5, 5.41) is 1.71. The number of aryl methyl sites for hydroxylation is 1. The number of halogens is 1. The number of ether oxygens (including phenoxy) is 1. The summed E-state index contributed by atoms with van der Waals surface area (Å²) in [5.41, 5.74) is 8.08. The minimum atomic E-state index is -0.685. The molecule has 108 valence electrons. The quantitative estimate of drug-likeness (QED) is 0.882. The zero-order valence-electron chi connectivity index (χ0n) is 11.9. The van der Waals surface area contributed by atoms with Gasteiger partial charge in [-0.25, -0.2) is 0 Å². The summed E-state index contributed by atoms with van der Waals surface area (Å²) in [6, 6.07) is 5.08. The van der Waals surface area contributed by atoms with Crippen LogP contribution in [-0.2, 0) is 16.1 Å². The van der Waals surface area contributed by atoms with Crippen LogP contribution in [0.1, 0.15) is 25.3 Å². The van der Waals surface area contributed by atoms with Crippen LogP contribution in [0.4, 0.5) is 0 Å². The van der Waals surface area contributed by atoms with Crippen LogP contribution >= 0.6 is 11.6 Å². The van der Waals surface area contributed by atoms with E-state index in [1.165, 1.54) is 7.11 Å². The molecule has 5 heteroatoms. The number of benzene rings is 1. The third-order valence-electron chi connectivity index (χ3n) is 3.72. The molecule has 4 nitrogen and oxygen atoms in total. The van der Waals surface area contributed by atoms with Crippen LogP contribution in [0, 0.1) is 0 Å². The lowest BCUT2D eigenvalue weighted by molar-refractivity contribution is -0.142. The molecule has 2 atom stereocenters. The van der Waals surface area contributed by atoms with Gasteiger partial charge in [-0.05, 0) is 30.7 Å². The van der Waals surface area contributed by atoms with Gasteiger partial charge in [-0.15, -0.1) is 0 Å². The average Bonchev–Trinajstić information content (AvgIpc) is 2.82. The van der Waals surface area contributed by atoms with E-state index in [2.05, 4.69) is 11.5 Å². The van der Waals surface area contributed by atoms with Crippen molar-refractivity contribution in [2.24, 2.45) is 5.73 Å². The normalized spacial score (nSPS) is 14.2. The highest BCUT2D eigenvalue weighted by molar-refractivity contribution is 6.31. The van der Waals surface area contributed by atoms with Crippen molar-refractivity contribution in [1.82, 2.24) is 4.57 Å². The lowest BCUT2D eigenvalue weighted by Gasteiger charge is -2.17. The van der Waals surface area contributed by atoms with Gasteiger partial charge in [0.05, 0.1) is 7.11 Å². The summed E-state index contributed by atoms with van der Waals surface area (Å²) in [7, 11) is 1.35. The number of hydrogen-bond donors (Lipinski definition) is 1.